The van der Waals surface area contributed by atoms with E-state index in [0.29, 0.717) is 0 Å². The first-order chi connectivity index (χ1) is 17.1. The van der Waals surface area contributed by atoms with Gasteiger partial charge in [0.2, 0.25) is 0 Å². The molecular formula is C29H34N4OS. The maximum atomic E-state index is 6.49. The van der Waals surface area contributed by atoms with Crippen LogP contribution in [0.15, 0.2) is 54.7 Å². The Balaban J connectivity index is 1.16. The molecule has 1 atom stereocenters. The Morgan fingerprint density at radius 2 is 1.86 bits per heavy atom. The van der Waals surface area contributed by atoms with E-state index in [9.17, 15) is 0 Å². The summed E-state index contributed by atoms with van der Waals surface area (Å²) in [5.41, 5.74) is 5.93. The molecule has 6 rings (SSSR count). The van der Waals surface area contributed by atoms with Gasteiger partial charge >= 0.3 is 0 Å². The Bertz CT molecular complexity index is 1220. The van der Waals surface area contributed by atoms with Crippen LogP contribution in [0.1, 0.15) is 55.4 Å². The van der Waals surface area contributed by atoms with E-state index < -0.39 is 0 Å². The van der Waals surface area contributed by atoms with Gasteiger partial charge in [-0.1, -0.05) is 36.8 Å². The van der Waals surface area contributed by atoms with Crippen LogP contribution in [0.5, 0.6) is 5.75 Å². The second kappa shape index (κ2) is 9.40. The van der Waals surface area contributed by atoms with Crippen molar-refractivity contribution in [2.45, 2.75) is 49.9 Å². The normalized spacial score (nSPS) is 19.9. The number of hydrogen-bond acceptors (Lipinski definition) is 5. The number of anilines is 1. The average molecular weight is 487 g/mol. The van der Waals surface area contributed by atoms with Crippen LogP contribution in [0.3, 0.4) is 0 Å². The van der Waals surface area contributed by atoms with Crippen LogP contribution in [-0.2, 0) is 0 Å². The van der Waals surface area contributed by atoms with Crippen LogP contribution in [0.4, 0.5) is 5.82 Å². The maximum Gasteiger partial charge on any atom is 0.137 e. The lowest BCUT2D eigenvalue weighted by atomic mass is 10.0. The molecule has 5 nitrogen and oxygen atoms in total. The van der Waals surface area contributed by atoms with Crippen LogP contribution in [0.25, 0.3) is 22.9 Å². The van der Waals surface area contributed by atoms with Gasteiger partial charge in [-0.15, -0.1) is 0 Å². The van der Waals surface area contributed by atoms with Crippen LogP contribution in [0, 0.1) is 0 Å². The summed E-state index contributed by atoms with van der Waals surface area (Å²) in [6, 6.07) is 17.1. The third kappa shape index (κ3) is 4.87. The van der Waals surface area contributed by atoms with Crippen molar-refractivity contribution in [1.29, 1.82) is 0 Å². The third-order valence-corrected chi connectivity index (χ3v) is 7.83. The highest BCUT2D eigenvalue weighted by molar-refractivity contribution is 7.80. The molecule has 182 valence electrons. The summed E-state index contributed by atoms with van der Waals surface area (Å²) in [7, 11) is 0. The number of aromatic nitrogens is 2. The molecular weight excluding hydrogens is 452 g/mol. The van der Waals surface area contributed by atoms with Crippen LogP contribution >= 0.6 is 12.6 Å². The van der Waals surface area contributed by atoms with E-state index >= 15 is 0 Å². The second-order valence-electron chi connectivity index (χ2n) is 10.3. The van der Waals surface area contributed by atoms with E-state index in [1.807, 2.05) is 10.9 Å². The van der Waals surface area contributed by atoms with Crippen LogP contribution in [-0.4, -0.2) is 46.5 Å². The van der Waals surface area contributed by atoms with Crippen molar-refractivity contribution in [2.75, 3.05) is 31.5 Å². The van der Waals surface area contributed by atoms with E-state index in [2.05, 4.69) is 89.6 Å². The van der Waals surface area contributed by atoms with Gasteiger partial charge in [0.15, 0.2) is 0 Å². The summed E-state index contributed by atoms with van der Waals surface area (Å²) in [5, 5.41) is 8.44. The fourth-order valence-electron chi connectivity index (χ4n) is 5.31. The van der Waals surface area contributed by atoms with Crippen molar-refractivity contribution in [3.63, 3.8) is 0 Å². The molecule has 6 heteroatoms. The van der Waals surface area contributed by atoms with Crippen molar-refractivity contribution in [1.82, 2.24) is 14.7 Å². The van der Waals surface area contributed by atoms with Gasteiger partial charge < -0.3 is 10.1 Å². The molecule has 1 saturated carbocycles. The highest BCUT2D eigenvalue weighted by Gasteiger charge is 2.46. The van der Waals surface area contributed by atoms with E-state index in [1.54, 1.807) is 0 Å². The van der Waals surface area contributed by atoms with Gasteiger partial charge in [0.25, 0.3) is 0 Å². The highest BCUT2D eigenvalue weighted by Crippen LogP contribution is 2.42. The molecule has 0 radical (unpaired) electrons. The molecule has 1 aliphatic carbocycles. The predicted octanol–water partition coefficient (Wildman–Crippen LogP) is 6.36. The van der Waals surface area contributed by atoms with Gasteiger partial charge in [0.05, 0.1) is 6.20 Å². The molecule has 1 saturated heterocycles. The SMILES string of the molecule is CC(S)c1cccc(-c2cnn3c2NCC(c2ccc(OC4(CN5CCCCC5)CC4)cc2)=C3)c1. The Kier molecular flexibility index (Phi) is 6.11. The lowest BCUT2D eigenvalue weighted by Crippen LogP contribution is -2.40. The van der Waals surface area contributed by atoms with E-state index in [1.165, 1.54) is 61.9 Å². The highest BCUT2D eigenvalue weighted by atomic mass is 32.1. The standard InChI is InChI=1S/C29H34N4OS/c1-21(35)23-6-5-7-24(16-23)27-18-31-33-19-25(17-30-28(27)33)22-8-10-26(11-9-22)34-29(12-13-29)20-32-14-3-2-4-15-32/h5-11,16,18-19,21,30,35H,2-4,12-15,17,20H2,1H3. The summed E-state index contributed by atoms with van der Waals surface area (Å²) in [5.74, 6) is 2.01. The quantitative estimate of drug-likeness (QED) is 0.381. The van der Waals surface area contributed by atoms with Crippen LogP contribution in [0.2, 0.25) is 0 Å². The van der Waals surface area contributed by atoms with Crippen molar-refractivity contribution >= 4 is 30.2 Å². The molecule has 0 spiro atoms. The number of ether oxygens (including phenoxy) is 1. The number of nitrogens with one attached hydrogen (secondary N) is 1. The third-order valence-electron chi connectivity index (χ3n) is 7.53. The topological polar surface area (TPSA) is 42.3 Å². The molecule has 0 amide bonds. The summed E-state index contributed by atoms with van der Waals surface area (Å²) in [4.78, 5) is 2.59. The average Bonchev–Trinajstić information content (AvgIpc) is 3.50. The van der Waals surface area contributed by atoms with E-state index in [-0.39, 0.29) is 10.9 Å². The van der Waals surface area contributed by atoms with Gasteiger partial charge in [-0.3, -0.25) is 4.90 Å². The van der Waals surface area contributed by atoms with Gasteiger partial charge in [-0.2, -0.15) is 17.7 Å². The van der Waals surface area contributed by atoms with Crippen molar-refractivity contribution in [3.05, 3.63) is 65.9 Å². The first-order valence-corrected chi connectivity index (χ1v) is 13.4. The molecule has 3 aromatic rings. The predicted molar refractivity (Wildman–Crippen MR) is 147 cm³/mol. The summed E-state index contributed by atoms with van der Waals surface area (Å²) in [6.07, 6.45) is 10.4. The second-order valence-corrected chi connectivity index (χ2v) is 11.1. The fraction of sp³-hybridized carbons (Fsp3) is 0.414. The molecule has 35 heavy (non-hydrogen) atoms. The number of rotatable bonds is 7. The number of nitrogens with zero attached hydrogens (tertiary/aromatic N) is 3. The largest absolute Gasteiger partial charge is 0.486 e. The molecule has 3 heterocycles. The number of likely N-dealkylation sites (tertiary alicyclic amines) is 1. The van der Waals surface area contributed by atoms with Gasteiger partial charge in [-0.25, -0.2) is 4.68 Å². The summed E-state index contributed by atoms with van der Waals surface area (Å²) < 4.78 is 8.44. The summed E-state index contributed by atoms with van der Waals surface area (Å²) in [6.45, 7) is 6.38. The van der Waals surface area contributed by atoms with E-state index in [0.717, 1.165) is 35.8 Å². The molecule has 2 aliphatic heterocycles. The van der Waals surface area contributed by atoms with Crippen molar-refractivity contribution in [2.24, 2.45) is 0 Å². The molecule has 0 bridgehead atoms. The van der Waals surface area contributed by atoms with Gasteiger partial charge in [0, 0.05) is 30.1 Å². The van der Waals surface area contributed by atoms with Crippen molar-refractivity contribution < 1.29 is 4.74 Å². The number of piperidine rings is 1. The molecule has 1 N–H and O–H groups in total. The number of fused-ring (bicyclic) bond motifs is 1. The molecule has 1 unspecified atom stereocenters. The Morgan fingerprint density at radius 1 is 1.06 bits per heavy atom. The van der Waals surface area contributed by atoms with Gasteiger partial charge in [0.1, 0.15) is 17.2 Å². The smallest absolute Gasteiger partial charge is 0.137 e. The van der Waals surface area contributed by atoms with Gasteiger partial charge in [-0.05, 0) is 86.2 Å². The number of hydrogen-bond donors (Lipinski definition) is 2. The zero-order chi connectivity index (χ0) is 23.8. The minimum atomic E-state index is 0.0347. The summed E-state index contributed by atoms with van der Waals surface area (Å²) >= 11 is 4.59. The first-order valence-electron chi connectivity index (χ1n) is 12.9. The van der Waals surface area contributed by atoms with Crippen molar-refractivity contribution in [3.8, 4) is 16.9 Å². The zero-order valence-corrected chi connectivity index (χ0v) is 21.3. The minimum Gasteiger partial charge on any atom is -0.486 e. The number of thiol groups is 1. The number of benzene rings is 2. The Labute approximate surface area is 213 Å². The monoisotopic (exact) mass is 486 g/mol. The Morgan fingerprint density at radius 3 is 2.60 bits per heavy atom. The molecule has 2 aromatic carbocycles. The maximum absolute atomic E-state index is 6.49. The van der Waals surface area contributed by atoms with E-state index in [4.69, 9.17) is 4.74 Å². The minimum absolute atomic E-state index is 0.0347. The van der Waals surface area contributed by atoms with Crippen LogP contribution < -0.4 is 10.1 Å². The lowest BCUT2D eigenvalue weighted by Gasteiger charge is -2.30. The first kappa shape index (κ1) is 22.7. The Hall–Kier alpha value is -2.70. The zero-order valence-electron chi connectivity index (χ0n) is 20.4. The molecule has 2 fully saturated rings. The molecule has 3 aliphatic rings. The molecule has 1 aromatic heterocycles. The fourth-order valence-corrected chi connectivity index (χ4v) is 5.47. The lowest BCUT2D eigenvalue weighted by molar-refractivity contribution is 0.101.